The average molecular weight is 464 g/mol. The van der Waals surface area contributed by atoms with Gasteiger partial charge in [0.1, 0.15) is 17.5 Å². The number of benzene rings is 1. The zero-order valence-corrected chi connectivity index (χ0v) is 19.6. The SMILES string of the molecule is Cc1ccncc1-c1[nH]c2c(-c3nc4cc(C5CCN(C)CC5)ccc4[nH]3)c(=O)[nH]cc2c1C#N. The Kier molecular flexibility index (Phi) is 5.01. The van der Waals surface area contributed by atoms with E-state index >= 15 is 0 Å². The van der Waals surface area contributed by atoms with Crippen molar-refractivity contribution < 1.29 is 0 Å². The number of hydrogen-bond donors (Lipinski definition) is 3. The van der Waals surface area contributed by atoms with Gasteiger partial charge in [0.2, 0.25) is 0 Å². The molecule has 0 aliphatic carbocycles. The van der Waals surface area contributed by atoms with E-state index in [0.29, 0.717) is 39.5 Å². The van der Waals surface area contributed by atoms with Crippen LogP contribution in [0, 0.1) is 18.3 Å². The van der Waals surface area contributed by atoms with Crippen molar-refractivity contribution in [3.63, 3.8) is 0 Å². The van der Waals surface area contributed by atoms with Crippen LogP contribution in [-0.2, 0) is 0 Å². The number of H-pyrrole nitrogens is 3. The molecule has 1 aliphatic heterocycles. The van der Waals surface area contributed by atoms with Crippen LogP contribution < -0.4 is 5.56 Å². The molecule has 0 amide bonds. The van der Waals surface area contributed by atoms with Crippen LogP contribution in [0.4, 0.5) is 0 Å². The maximum atomic E-state index is 13.0. The predicted octanol–water partition coefficient (Wildman–Crippen LogP) is 4.45. The Morgan fingerprint density at radius 2 is 2.00 bits per heavy atom. The summed E-state index contributed by atoms with van der Waals surface area (Å²) in [7, 11) is 2.16. The van der Waals surface area contributed by atoms with Gasteiger partial charge in [-0.05, 0) is 75.1 Å². The van der Waals surface area contributed by atoms with E-state index in [9.17, 15) is 10.1 Å². The molecule has 1 fully saturated rings. The number of aryl methyl sites for hydroxylation is 1. The quantitative estimate of drug-likeness (QED) is 0.365. The van der Waals surface area contributed by atoms with Crippen LogP contribution in [0.25, 0.3) is 44.6 Å². The van der Waals surface area contributed by atoms with Crippen LogP contribution in [0.5, 0.6) is 0 Å². The average Bonchev–Trinajstić information content (AvgIpc) is 3.45. The highest BCUT2D eigenvalue weighted by Gasteiger charge is 2.22. The molecule has 4 aromatic heterocycles. The molecule has 0 spiro atoms. The minimum absolute atomic E-state index is 0.271. The van der Waals surface area contributed by atoms with Crippen molar-refractivity contribution in [3.05, 3.63) is 69.9 Å². The fourth-order valence-electron chi connectivity index (χ4n) is 5.19. The Morgan fingerprint density at radius 1 is 1.17 bits per heavy atom. The summed E-state index contributed by atoms with van der Waals surface area (Å²) in [4.78, 5) is 33.9. The third-order valence-corrected chi connectivity index (χ3v) is 7.22. The summed E-state index contributed by atoms with van der Waals surface area (Å²) in [5.74, 6) is 1.00. The summed E-state index contributed by atoms with van der Waals surface area (Å²) >= 11 is 0. The smallest absolute Gasteiger partial charge is 0.261 e. The zero-order chi connectivity index (χ0) is 24.1. The molecule has 6 rings (SSSR count). The summed E-state index contributed by atoms with van der Waals surface area (Å²) in [5.41, 5.74) is 6.63. The predicted molar refractivity (Wildman–Crippen MR) is 136 cm³/mol. The van der Waals surface area contributed by atoms with Crippen LogP contribution in [0.3, 0.4) is 0 Å². The van der Waals surface area contributed by atoms with Crippen molar-refractivity contribution in [2.24, 2.45) is 0 Å². The fourth-order valence-corrected chi connectivity index (χ4v) is 5.19. The molecule has 8 nitrogen and oxygen atoms in total. The molecule has 1 aliphatic rings. The number of nitrogens with one attached hydrogen (secondary N) is 3. The Balaban J connectivity index is 1.50. The minimum atomic E-state index is -0.271. The molecule has 1 saturated heterocycles. The van der Waals surface area contributed by atoms with Crippen LogP contribution >= 0.6 is 0 Å². The van der Waals surface area contributed by atoms with Gasteiger partial charge in [-0.1, -0.05) is 6.07 Å². The molecule has 8 heteroatoms. The molecule has 0 saturated carbocycles. The van der Waals surface area contributed by atoms with Gasteiger partial charge in [0.15, 0.2) is 0 Å². The molecule has 35 heavy (non-hydrogen) atoms. The Bertz CT molecular complexity index is 1680. The first-order valence-corrected chi connectivity index (χ1v) is 11.8. The van der Waals surface area contributed by atoms with Crippen LogP contribution in [-0.4, -0.2) is 50.0 Å². The first-order chi connectivity index (χ1) is 17.0. The molecule has 0 radical (unpaired) electrons. The van der Waals surface area contributed by atoms with Crippen molar-refractivity contribution in [2.75, 3.05) is 20.1 Å². The third-order valence-electron chi connectivity index (χ3n) is 7.22. The van der Waals surface area contributed by atoms with E-state index < -0.39 is 0 Å². The lowest BCUT2D eigenvalue weighted by Crippen LogP contribution is -2.29. The molecule has 5 aromatic rings. The summed E-state index contributed by atoms with van der Waals surface area (Å²) in [6.45, 7) is 4.16. The molecular formula is C27H25N7O. The van der Waals surface area contributed by atoms with E-state index in [0.717, 1.165) is 48.1 Å². The Labute approximate surface area is 201 Å². The molecule has 0 atom stereocenters. The van der Waals surface area contributed by atoms with Gasteiger partial charge in [-0.2, -0.15) is 5.26 Å². The Morgan fingerprint density at radius 3 is 2.77 bits per heavy atom. The lowest BCUT2D eigenvalue weighted by Gasteiger charge is -2.29. The lowest BCUT2D eigenvalue weighted by atomic mass is 9.89. The topological polar surface area (TPSA) is 117 Å². The number of imidazole rings is 1. The van der Waals surface area contributed by atoms with E-state index in [1.54, 1.807) is 18.6 Å². The molecule has 0 unspecified atom stereocenters. The molecular weight excluding hydrogens is 438 g/mol. The van der Waals surface area contributed by atoms with Gasteiger partial charge in [0, 0.05) is 29.5 Å². The van der Waals surface area contributed by atoms with Crippen molar-refractivity contribution in [1.29, 1.82) is 5.26 Å². The van der Waals surface area contributed by atoms with Gasteiger partial charge < -0.3 is 19.9 Å². The van der Waals surface area contributed by atoms with Crippen molar-refractivity contribution in [1.82, 2.24) is 29.8 Å². The number of fused-ring (bicyclic) bond motifs is 2. The number of pyridine rings is 2. The zero-order valence-electron chi connectivity index (χ0n) is 19.6. The van der Waals surface area contributed by atoms with Crippen LogP contribution in [0.2, 0.25) is 0 Å². The highest BCUT2D eigenvalue weighted by molar-refractivity contribution is 6.01. The molecule has 5 heterocycles. The van der Waals surface area contributed by atoms with E-state index in [2.05, 4.69) is 50.1 Å². The van der Waals surface area contributed by atoms with Crippen LogP contribution in [0.15, 0.2) is 47.7 Å². The number of aromatic nitrogens is 5. The number of rotatable bonds is 3. The third kappa shape index (κ3) is 3.52. The van der Waals surface area contributed by atoms with Gasteiger partial charge in [0.05, 0.1) is 27.8 Å². The van der Waals surface area contributed by atoms with E-state index in [1.165, 1.54) is 5.56 Å². The van der Waals surface area contributed by atoms with E-state index in [1.807, 2.05) is 19.1 Å². The van der Waals surface area contributed by atoms with E-state index in [4.69, 9.17) is 4.98 Å². The number of likely N-dealkylation sites (tertiary alicyclic amines) is 1. The second-order valence-electron chi connectivity index (χ2n) is 9.40. The first-order valence-electron chi connectivity index (χ1n) is 11.8. The van der Waals surface area contributed by atoms with Gasteiger partial charge in [-0.3, -0.25) is 9.78 Å². The molecule has 1 aromatic carbocycles. The number of aromatic amines is 3. The van der Waals surface area contributed by atoms with Crippen molar-refractivity contribution >= 4 is 21.9 Å². The van der Waals surface area contributed by atoms with Gasteiger partial charge in [-0.25, -0.2) is 4.98 Å². The fraction of sp³-hybridized carbons (Fsp3) is 0.259. The normalized spacial score (nSPS) is 15.1. The van der Waals surface area contributed by atoms with Crippen LogP contribution in [0.1, 0.15) is 35.4 Å². The number of nitriles is 1. The largest absolute Gasteiger partial charge is 0.353 e. The van der Waals surface area contributed by atoms with Crippen molar-refractivity contribution in [3.8, 4) is 28.7 Å². The monoisotopic (exact) mass is 463 g/mol. The molecule has 174 valence electrons. The summed E-state index contributed by atoms with van der Waals surface area (Å²) in [6.07, 6.45) is 7.31. The van der Waals surface area contributed by atoms with E-state index in [-0.39, 0.29) is 5.56 Å². The highest BCUT2D eigenvalue weighted by Crippen LogP contribution is 2.35. The molecule has 0 bridgehead atoms. The Hall–Kier alpha value is -4.22. The molecule has 3 N–H and O–H groups in total. The highest BCUT2D eigenvalue weighted by atomic mass is 16.1. The van der Waals surface area contributed by atoms with Crippen molar-refractivity contribution in [2.45, 2.75) is 25.7 Å². The van der Waals surface area contributed by atoms with Gasteiger partial charge in [-0.15, -0.1) is 0 Å². The minimum Gasteiger partial charge on any atom is -0.353 e. The standard InChI is InChI=1S/C27H25N7O/c1-15-5-8-29-13-19(15)24-18(12-28)20-14-30-27(35)23(25(20)33-24)26-31-21-4-3-17(11-22(21)32-26)16-6-9-34(2)10-7-16/h3-5,8,11,13-14,16,33H,6-7,9-10H2,1-2H3,(H,30,35)(H,31,32). The number of nitrogens with zero attached hydrogens (tertiary/aromatic N) is 4. The maximum absolute atomic E-state index is 13.0. The lowest BCUT2D eigenvalue weighted by molar-refractivity contribution is 0.255. The summed E-state index contributed by atoms with van der Waals surface area (Å²) in [5, 5.41) is 10.6. The maximum Gasteiger partial charge on any atom is 0.261 e. The summed E-state index contributed by atoms with van der Waals surface area (Å²) in [6, 6.07) is 10.6. The second kappa shape index (κ2) is 8.22. The van der Waals surface area contributed by atoms with Gasteiger partial charge >= 0.3 is 0 Å². The summed E-state index contributed by atoms with van der Waals surface area (Å²) < 4.78 is 0. The van der Waals surface area contributed by atoms with Gasteiger partial charge in [0.25, 0.3) is 5.56 Å². The number of hydrogen-bond acceptors (Lipinski definition) is 5. The first kappa shape index (κ1) is 21.3. The second-order valence-corrected chi connectivity index (χ2v) is 9.40. The number of piperidine rings is 1.